The Kier molecular flexibility index (Phi) is 7.12. The highest BCUT2D eigenvalue weighted by Crippen LogP contribution is 2.26. The smallest absolute Gasteiger partial charge is 0.322 e. The predicted molar refractivity (Wildman–Crippen MR) is 126 cm³/mol. The summed E-state index contributed by atoms with van der Waals surface area (Å²) in [6, 6.07) is 14.1. The van der Waals surface area contributed by atoms with Crippen LogP contribution < -0.4 is 10.2 Å². The van der Waals surface area contributed by atoms with Gasteiger partial charge >= 0.3 is 6.03 Å². The number of anilines is 1. The van der Waals surface area contributed by atoms with Gasteiger partial charge in [0, 0.05) is 28.9 Å². The van der Waals surface area contributed by atoms with Crippen molar-refractivity contribution in [3.63, 3.8) is 0 Å². The van der Waals surface area contributed by atoms with Gasteiger partial charge in [0.05, 0.1) is 16.7 Å². The van der Waals surface area contributed by atoms with Crippen LogP contribution in [0.3, 0.4) is 0 Å². The van der Waals surface area contributed by atoms with Crippen LogP contribution in [0, 0.1) is 0 Å². The molecular weight excluding hydrogens is 430 g/mol. The summed E-state index contributed by atoms with van der Waals surface area (Å²) < 4.78 is 24.9. The first-order valence-corrected chi connectivity index (χ1v) is 12.5. The number of nitrogens with one attached hydrogen (secondary N) is 1. The fraction of sp³-hybridized carbons (Fsp3) is 0.304. The van der Waals surface area contributed by atoms with Gasteiger partial charge in [-0.15, -0.1) is 11.3 Å². The van der Waals surface area contributed by atoms with Crippen LogP contribution >= 0.6 is 11.3 Å². The van der Waals surface area contributed by atoms with E-state index in [9.17, 15) is 13.2 Å². The molecule has 3 rings (SSSR count). The normalized spacial score (nSPS) is 11.7. The van der Waals surface area contributed by atoms with E-state index in [1.165, 1.54) is 0 Å². The first-order valence-electron chi connectivity index (χ1n) is 10.1. The Balaban J connectivity index is 1.92. The zero-order valence-corrected chi connectivity index (χ0v) is 19.7. The number of hydrogen-bond acceptors (Lipinski definition) is 5. The number of benzene rings is 2. The van der Waals surface area contributed by atoms with Gasteiger partial charge in [-0.25, -0.2) is 18.2 Å². The highest BCUT2D eigenvalue weighted by molar-refractivity contribution is 7.92. The third-order valence-electron chi connectivity index (χ3n) is 4.70. The zero-order valence-electron chi connectivity index (χ0n) is 18.1. The SMILES string of the molecule is CC(C)NC(=O)N(Cc1cccc(-c2nccs2)c1)c1ccc(S(=O)(=O)C(C)C)cc1. The lowest BCUT2D eigenvalue weighted by Gasteiger charge is -2.25. The molecule has 31 heavy (non-hydrogen) atoms. The van der Waals surface area contributed by atoms with Gasteiger partial charge < -0.3 is 5.32 Å². The molecule has 0 spiro atoms. The van der Waals surface area contributed by atoms with Crippen LogP contribution in [-0.2, 0) is 16.4 Å². The quantitative estimate of drug-likeness (QED) is 0.534. The molecule has 164 valence electrons. The molecule has 0 radical (unpaired) electrons. The van der Waals surface area contributed by atoms with Crippen molar-refractivity contribution in [3.8, 4) is 10.6 Å². The molecule has 0 bridgehead atoms. The molecule has 0 aliphatic rings. The number of carbonyl (C=O) groups excluding carboxylic acids is 1. The van der Waals surface area contributed by atoms with Gasteiger partial charge in [-0.05, 0) is 63.6 Å². The van der Waals surface area contributed by atoms with Gasteiger partial charge in [0.1, 0.15) is 5.01 Å². The first kappa shape index (κ1) is 23.0. The molecule has 0 atom stereocenters. The van der Waals surface area contributed by atoms with Crippen LogP contribution in [0.4, 0.5) is 10.5 Å². The Morgan fingerprint density at radius 2 is 1.81 bits per heavy atom. The molecule has 3 aromatic rings. The van der Waals surface area contributed by atoms with E-state index >= 15 is 0 Å². The number of carbonyl (C=O) groups is 1. The highest BCUT2D eigenvalue weighted by Gasteiger charge is 2.21. The molecule has 1 N–H and O–H groups in total. The monoisotopic (exact) mass is 457 g/mol. The Morgan fingerprint density at radius 3 is 2.39 bits per heavy atom. The maximum atomic E-state index is 12.9. The summed E-state index contributed by atoms with van der Waals surface area (Å²) in [4.78, 5) is 19.2. The van der Waals surface area contributed by atoms with Crippen LogP contribution in [0.25, 0.3) is 10.6 Å². The lowest BCUT2D eigenvalue weighted by molar-refractivity contribution is 0.243. The van der Waals surface area contributed by atoms with Gasteiger partial charge in [-0.1, -0.05) is 18.2 Å². The molecule has 6 nitrogen and oxygen atoms in total. The summed E-state index contributed by atoms with van der Waals surface area (Å²) in [5, 5.41) is 5.27. The summed E-state index contributed by atoms with van der Waals surface area (Å²) in [6.07, 6.45) is 1.77. The number of urea groups is 1. The molecular formula is C23H27N3O3S2. The van der Waals surface area contributed by atoms with Crippen molar-refractivity contribution < 1.29 is 13.2 Å². The third kappa shape index (κ3) is 5.51. The molecule has 0 saturated heterocycles. The van der Waals surface area contributed by atoms with Crippen molar-refractivity contribution in [2.75, 3.05) is 4.90 Å². The largest absolute Gasteiger partial charge is 0.336 e. The van der Waals surface area contributed by atoms with E-state index in [2.05, 4.69) is 10.3 Å². The van der Waals surface area contributed by atoms with E-state index < -0.39 is 15.1 Å². The maximum Gasteiger partial charge on any atom is 0.322 e. The fourth-order valence-electron chi connectivity index (χ4n) is 3.04. The van der Waals surface area contributed by atoms with Crippen LogP contribution in [0.2, 0.25) is 0 Å². The van der Waals surface area contributed by atoms with Gasteiger partial charge in [-0.3, -0.25) is 4.90 Å². The van der Waals surface area contributed by atoms with E-state index in [-0.39, 0.29) is 17.0 Å². The Labute approximate surface area is 187 Å². The number of nitrogens with zero attached hydrogens (tertiary/aromatic N) is 2. The van der Waals surface area contributed by atoms with Crippen molar-refractivity contribution >= 4 is 32.9 Å². The lowest BCUT2D eigenvalue weighted by atomic mass is 10.1. The summed E-state index contributed by atoms with van der Waals surface area (Å²) in [5.41, 5.74) is 2.57. The predicted octanol–water partition coefficient (Wildman–Crippen LogP) is 5.12. The molecule has 0 aliphatic heterocycles. The minimum absolute atomic E-state index is 0.0303. The number of sulfone groups is 1. The van der Waals surface area contributed by atoms with Crippen LogP contribution in [0.15, 0.2) is 65.0 Å². The third-order valence-corrected chi connectivity index (χ3v) is 7.69. The van der Waals surface area contributed by atoms with Crippen molar-refractivity contribution in [1.29, 1.82) is 0 Å². The molecule has 2 aromatic carbocycles. The number of amides is 2. The maximum absolute atomic E-state index is 12.9. The molecule has 0 saturated carbocycles. The molecule has 8 heteroatoms. The van der Waals surface area contributed by atoms with Gasteiger partial charge in [0.2, 0.25) is 0 Å². The summed E-state index contributed by atoms with van der Waals surface area (Å²) in [7, 11) is -3.37. The van der Waals surface area contributed by atoms with Crippen molar-refractivity contribution in [3.05, 3.63) is 65.7 Å². The Bertz CT molecular complexity index is 1120. The topological polar surface area (TPSA) is 79.4 Å². The van der Waals surface area contributed by atoms with Crippen LogP contribution in [0.5, 0.6) is 0 Å². The Morgan fingerprint density at radius 1 is 1.10 bits per heavy atom. The van der Waals surface area contributed by atoms with E-state index in [1.807, 2.05) is 43.5 Å². The number of rotatable bonds is 7. The van der Waals surface area contributed by atoms with Crippen LogP contribution in [-0.4, -0.2) is 30.7 Å². The first-order chi connectivity index (χ1) is 14.7. The summed E-state index contributed by atoms with van der Waals surface area (Å²) in [6.45, 7) is 7.45. The number of aromatic nitrogens is 1. The standard InChI is InChI=1S/C23H27N3O3S2/c1-16(2)25-23(27)26(20-8-10-21(11-9-20)31(28,29)17(3)4)15-18-6-5-7-19(14-18)22-24-12-13-30-22/h5-14,16-17H,15H2,1-4H3,(H,25,27). The summed E-state index contributed by atoms with van der Waals surface area (Å²) >= 11 is 1.56. The molecule has 1 heterocycles. The van der Waals surface area contributed by atoms with Crippen LogP contribution in [0.1, 0.15) is 33.3 Å². The zero-order chi connectivity index (χ0) is 22.6. The molecule has 0 fully saturated rings. The second-order valence-corrected chi connectivity index (χ2v) is 11.2. The minimum Gasteiger partial charge on any atom is -0.336 e. The van der Waals surface area contributed by atoms with E-state index in [0.717, 1.165) is 16.1 Å². The van der Waals surface area contributed by atoms with E-state index in [0.29, 0.717) is 12.2 Å². The minimum atomic E-state index is -3.37. The van der Waals surface area contributed by atoms with Gasteiger partial charge in [0.15, 0.2) is 9.84 Å². The Hall–Kier alpha value is -2.71. The van der Waals surface area contributed by atoms with E-state index in [1.54, 1.807) is 60.5 Å². The van der Waals surface area contributed by atoms with Gasteiger partial charge in [-0.2, -0.15) is 0 Å². The second kappa shape index (κ2) is 9.62. The van der Waals surface area contributed by atoms with Gasteiger partial charge in [0.25, 0.3) is 0 Å². The molecule has 0 aliphatic carbocycles. The highest BCUT2D eigenvalue weighted by atomic mass is 32.2. The molecule has 1 aromatic heterocycles. The number of thiazole rings is 1. The summed E-state index contributed by atoms with van der Waals surface area (Å²) in [5.74, 6) is 0. The molecule has 2 amide bonds. The molecule has 0 unspecified atom stereocenters. The number of hydrogen-bond donors (Lipinski definition) is 1. The second-order valence-electron chi connectivity index (χ2n) is 7.82. The van der Waals surface area contributed by atoms with Crippen molar-refractivity contribution in [2.24, 2.45) is 0 Å². The van der Waals surface area contributed by atoms with Crippen molar-refractivity contribution in [1.82, 2.24) is 10.3 Å². The van der Waals surface area contributed by atoms with E-state index in [4.69, 9.17) is 0 Å². The van der Waals surface area contributed by atoms with Crippen molar-refractivity contribution in [2.45, 2.75) is 50.4 Å². The average Bonchev–Trinajstić information content (AvgIpc) is 3.26. The fourth-order valence-corrected chi connectivity index (χ4v) is 4.74. The lowest BCUT2D eigenvalue weighted by Crippen LogP contribution is -2.42. The average molecular weight is 458 g/mol.